The lowest BCUT2D eigenvalue weighted by Crippen LogP contribution is -2.44. The number of nitrogens with zero attached hydrogens (tertiary/aromatic N) is 5. The molecule has 2 aromatic carbocycles. The molecule has 0 bridgehead atoms. The molecule has 0 unspecified atom stereocenters. The predicted octanol–water partition coefficient (Wildman–Crippen LogP) is 4.30. The summed E-state index contributed by atoms with van der Waals surface area (Å²) < 4.78 is 37.1. The topological polar surface area (TPSA) is 92.6 Å². The van der Waals surface area contributed by atoms with Crippen molar-refractivity contribution in [2.75, 3.05) is 38.1 Å². The van der Waals surface area contributed by atoms with Crippen LogP contribution in [0.1, 0.15) is 25.7 Å². The van der Waals surface area contributed by atoms with Crippen molar-refractivity contribution in [3.05, 3.63) is 57.8 Å². The van der Waals surface area contributed by atoms with Gasteiger partial charge in [0.15, 0.2) is 5.82 Å². The number of halogens is 2. The molecule has 1 fully saturated rings. The fourth-order valence-electron chi connectivity index (χ4n) is 3.95. The Morgan fingerprint density at radius 2 is 1.89 bits per heavy atom. The van der Waals surface area contributed by atoms with Crippen molar-refractivity contribution in [1.82, 2.24) is 24.4 Å². The standard InChI is InChI=1S/C23H28BrClN6O3S/c1-4-31-22(16(2)28-35(32,33)21-9-8-17(24)14-20(21)25)26-27-23(31)34-19-7-5-6-18(15-19)30-12-10-29(3)11-13-30/h5-9,14-16,28H,4,10-13H2,1-3H3/t16-/m1/s1. The molecule has 0 saturated carbocycles. The molecule has 0 amide bonds. The van der Waals surface area contributed by atoms with Gasteiger partial charge in [0.05, 0.1) is 11.1 Å². The van der Waals surface area contributed by atoms with E-state index in [-0.39, 0.29) is 9.92 Å². The Morgan fingerprint density at radius 1 is 1.14 bits per heavy atom. The average Bonchev–Trinajstić information content (AvgIpc) is 3.22. The molecule has 1 N–H and O–H groups in total. The number of aromatic nitrogens is 3. The highest BCUT2D eigenvalue weighted by atomic mass is 79.9. The molecule has 1 aromatic heterocycles. The van der Waals surface area contributed by atoms with E-state index in [4.69, 9.17) is 16.3 Å². The van der Waals surface area contributed by atoms with Crippen LogP contribution in [0.2, 0.25) is 5.02 Å². The number of benzene rings is 2. The zero-order chi connectivity index (χ0) is 25.2. The molecule has 1 aliphatic heterocycles. The molecule has 3 aromatic rings. The number of ether oxygens (including phenoxy) is 1. The van der Waals surface area contributed by atoms with Crippen molar-refractivity contribution in [2.24, 2.45) is 0 Å². The molecule has 0 spiro atoms. The third-order valence-electron chi connectivity index (χ3n) is 5.86. The first-order valence-electron chi connectivity index (χ1n) is 11.3. The average molecular weight is 584 g/mol. The van der Waals surface area contributed by atoms with Crippen molar-refractivity contribution < 1.29 is 13.2 Å². The second-order valence-corrected chi connectivity index (χ2v) is 11.4. The fourth-order valence-corrected chi connectivity index (χ4v) is 6.19. The van der Waals surface area contributed by atoms with Gasteiger partial charge < -0.3 is 14.5 Å². The molecule has 0 aliphatic carbocycles. The van der Waals surface area contributed by atoms with Crippen LogP contribution in [0.5, 0.6) is 11.8 Å². The number of piperazine rings is 1. The van der Waals surface area contributed by atoms with Crippen LogP contribution in [0.3, 0.4) is 0 Å². The largest absolute Gasteiger partial charge is 0.424 e. The Bertz CT molecular complexity index is 1290. The molecule has 35 heavy (non-hydrogen) atoms. The minimum atomic E-state index is -3.89. The first-order chi connectivity index (χ1) is 16.7. The van der Waals surface area contributed by atoms with Gasteiger partial charge in [-0.1, -0.05) is 38.7 Å². The van der Waals surface area contributed by atoms with Crippen LogP contribution in [-0.4, -0.2) is 61.3 Å². The van der Waals surface area contributed by atoms with Gasteiger partial charge in [0.2, 0.25) is 10.0 Å². The van der Waals surface area contributed by atoms with Crippen LogP contribution in [-0.2, 0) is 16.6 Å². The molecule has 9 nitrogen and oxygen atoms in total. The second kappa shape index (κ2) is 10.8. The number of anilines is 1. The first-order valence-corrected chi connectivity index (χ1v) is 13.9. The lowest BCUT2D eigenvalue weighted by Gasteiger charge is -2.34. The highest BCUT2D eigenvalue weighted by molar-refractivity contribution is 9.10. The number of hydrogen-bond donors (Lipinski definition) is 1. The van der Waals surface area contributed by atoms with E-state index in [9.17, 15) is 8.42 Å². The van der Waals surface area contributed by atoms with Gasteiger partial charge in [-0.3, -0.25) is 4.57 Å². The Kier molecular flexibility index (Phi) is 8.02. The molecule has 4 rings (SSSR count). The molecule has 1 atom stereocenters. The van der Waals surface area contributed by atoms with Crippen LogP contribution in [0.25, 0.3) is 0 Å². The maximum Gasteiger partial charge on any atom is 0.322 e. The highest BCUT2D eigenvalue weighted by Gasteiger charge is 2.26. The van der Waals surface area contributed by atoms with Gasteiger partial charge in [0.25, 0.3) is 0 Å². The third-order valence-corrected chi connectivity index (χ3v) is 8.38. The van der Waals surface area contributed by atoms with Crippen molar-refractivity contribution in [3.8, 4) is 11.8 Å². The maximum atomic E-state index is 12.9. The van der Waals surface area contributed by atoms with Crippen molar-refractivity contribution >= 4 is 43.2 Å². The summed E-state index contributed by atoms with van der Waals surface area (Å²) in [6, 6.07) is 12.1. The summed E-state index contributed by atoms with van der Waals surface area (Å²) in [4.78, 5) is 4.63. The van der Waals surface area contributed by atoms with E-state index in [0.717, 1.165) is 31.9 Å². The molecule has 2 heterocycles. The number of sulfonamides is 1. The minimum Gasteiger partial charge on any atom is -0.424 e. The predicted molar refractivity (Wildman–Crippen MR) is 140 cm³/mol. The third kappa shape index (κ3) is 5.97. The van der Waals surface area contributed by atoms with Gasteiger partial charge >= 0.3 is 6.01 Å². The number of nitrogens with one attached hydrogen (secondary N) is 1. The Morgan fingerprint density at radius 3 is 2.57 bits per heavy atom. The lowest BCUT2D eigenvalue weighted by atomic mass is 10.2. The van der Waals surface area contributed by atoms with Crippen LogP contribution < -0.4 is 14.4 Å². The summed E-state index contributed by atoms with van der Waals surface area (Å²) in [5, 5.41) is 8.54. The van der Waals surface area contributed by atoms with E-state index in [0.29, 0.717) is 28.6 Å². The molecular formula is C23H28BrClN6O3S. The number of hydrogen-bond acceptors (Lipinski definition) is 7. The van der Waals surface area contributed by atoms with Crippen molar-refractivity contribution in [3.63, 3.8) is 0 Å². The van der Waals surface area contributed by atoms with Gasteiger partial charge in [0.1, 0.15) is 10.6 Å². The zero-order valence-electron chi connectivity index (χ0n) is 19.8. The quantitative estimate of drug-likeness (QED) is 0.423. The van der Waals surface area contributed by atoms with E-state index in [1.54, 1.807) is 17.6 Å². The van der Waals surface area contributed by atoms with E-state index < -0.39 is 16.1 Å². The van der Waals surface area contributed by atoms with Crippen molar-refractivity contribution in [2.45, 2.75) is 31.3 Å². The van der Waals surface area contributed by atoms with Crippen LogP contribution in [0.4, 0.5) is 5.69 Å². The van der Waals surface area contributed by atoms with E-state index in [1.807, 2.05) is 25.1 Å². The van der Waals surface area contributed by atoms with Gasteiger partial charge in [-0.05, 0) is 51.2 Å². The lowest BCUT2D eigenvalue weighted by molar-refractivity contribution is 0.312. The summed E-state index contributed by atoms with van der Waals surface area (Å²) >= 11 is 9.45. The van der Waals surface area contributed by atoms with Crippen LogP contribution >= 0.6 is 27.5 Å². The van der Waals surface area contributed by atoms with E-state index in [2.05, 4.69) is 53.8 Å². The normalized spacial score (nSPS) is 15.9. The summed E-state index contributed by atoms with van der Waals surface area (Å²) in [6.07, 6.45) is 0. The molecule has 188 valence electrons. The van der Waals surface area contributed by atoms with Crippen molar-refractivity contribution in [1.29, 1.82) is 0 Å². The fraction of sp³-hybridized carbons (Fsp3) is 0.391. The molecule has 0 radical (unpaired) electrons. The monoisotopic (exact) mass is 582 g/mol. The second-order valence-electron chi connectivity index (χ2n) is 8.39. The summed E-state index contributed by atoms with van der Waals surface area (Å²) in [5.74, 6) is 1.08. The molecular weight excluding hydrogens is 556 g/mol. The summed E-state index contributed by atoms with van der Waals surface area (Å²) in [5.41, 5.74) is 1.09. The van der Waals surface area contributed by atoms with Gasteiger partial charge in [0, 0.05) is 49.0 Å². The summed E-state index contributed by atoms with van der Waals surface area (Å²) in [6.45, 7) is 8.06. The Labute approximate surface area is 219 Å². The van der Waals surface area contributed by atoms with Gasteiger partial charge in [-0.2, -0.15) is 0 Å². The molecule has 12 heteroatoms. The van der Waals surface area contributed by atoms with Gasteiger partial charge in [-0.25, -0.2) is 13.1 Å². The van der Waals surface area contributed by atoms with E-state index >= 15 is 0 Å². The Balaban J connectivity index is 1.52. The van der Waals surface area contributed by atoms with Crippen LogP contribution in [0, 0.1) is 0 Å². The number of rotatable bonds is 8. The molecule has 1 saturated heterocycles. The molecule has 1 aliphatic rings. The van der Waals surface area contributed by atoms with Crippen LogP contribution in [0.15, 0.2) is 51.8 Å². The number of likely N-dealkylation sites (N-methyl/N-ethyl adjacent to an activating group) is 1. The zero-order valence-corrected chi connectivity index (χ0v) is 22.9. The summed E-state index contributed by atoms with van der Waals surface area (Å²) in [7, 11) is -1.76. The minimum absolute atomic E-state index is 0.00558. The van der Waals surface area contributed by atoms with E-state index in [1.165, 1.54) is 12.1 Å². The highest BCUT2D eigenvalue weighted by Crippen LogP contribution is 2.29. The SMILES string of the molecule is CCn1c(Oc2cccc(N3CCN(C)CC3)c2)nnc1[C@@H](C)NS(=O)(=O)c1ccc(Br)cc1Cl. The first kappa shape index (κ1) is 25.9. The van der Waals surface area contributed by atoms with Gasteiger partial charge in [-0.15, -0.1) is 5.10 Å². The smallest absolute Gasteiger partial charge is 0.322 e. The maximum absolute atomic E-state index is 12.9. The Hall–Kier alpha value is -2.18.